The molecule has 1 aliphatic carbocycles. The zero-order chi connectivity index (χ0) is 19.4. The van der Waals surface area contributed by atoms with Gasteiger partial charge in [0.15, 0.2) is 11.6 Å². The first kappa shape index (κ1) is 19.9. The Balaban J connectivity index is 1.53. The van der Waals surface area contributed by atoms with E-state index >= 15 is 0 Å². The second-order valence-corrected chi connectivity index (χ2v) is 7.56. The van der Waals surface area contributed by atoms with E-state index in [2.05, 4.69) is 0 Å². The van der Waals surface area contributed by atoms with E-state index in [9.17, 15) is 13.2 Å². The van der Waals surface area contributed by atoms with E-state index in [1.54, 1.807) is 25.1 Å². The third kappa shape index (κ3) is 4.73. The van der Waals surface area contributed by atoms with Crippen molar-refractivity contribution in [2.24, 2.45) is 0 Å². The van der Waals surface area contributed by atoms with Crippen molar-refractivity contribution < 1.29 is 17.9 Å². The number of hydrogen-bond acceptors (Lipinski definition) is 1. The molecule has 0 atom stereocenters. The van der Waals surface area contributed by atoms with Gasteiger partial charge in [-0.2, -0.15) is 0 Å². The van der Waals surface area contributed by atoms with Crippen LogP contribution in [0.4, 0.5) is 13.2 Å². The van der Waals surface area contributed by atoms with Crippen LogP contribution >= 0.6 is 0 Å². The van der Waals surface area contributed by atoms with E-state index in [-0.39, 0.29) is 17.8 Å². The van der Waals surface area contributed by atoms with Crippen LogP contribution in [-0.2, 0) is 17.8 Å². The third-order valence-corrected chi connectivity index (χ3v) is 5.54. The summed E-state index contributed by atoms with van der Waals surface area (Å²) in [6.07, 6.45) is 4.89. The average Bonchev–Trinajstić information content (AvgIpc) is 2.67. The molecular weight excluding hydrogens is 349 g/mol. The van der Waals surface area contributed by atoms with Crippen LogP contribution in [0.3, 0.4) is 0 Å². The molecule has 0 spiro atoms. The van der Waals surface area contributed by atoms with Crippen LogP contribution < -0.4 is 0 Å². The van der Waals surface area contributed by atoms with Crippen LogP contribution in [0.1, 0.15) is 67.2 Å². The normalized spacial score (nSPS) is 20.0. The van der Waals surface area contributed by atoms with Gasteiger partial charge in [0.1, 0.15) is 5.82 Å². The van der Waals surface area contributed by atoms with Crippen LogP contribution in [0.15, 0.2) is 30.3 Å². The van der Waals surface area contributed by atoms with Crippen molar-refractivity contribution in [2.45, 2.75) is 71.0 Å². The van der Waals surface area contributed by atoms with Gasteiger partial charge in [0, 0.05) is 0 Å². The molecule has 0 aromatic heterocycles. The zero-order valence-electron chi connectivity index (χ0n) is 16.0. The fourth-order valence-electron chi connectivity index (χ4n) is 3.88. The minimum atomic E-state index is -0.737. The summed E-state index contributed by atoms with van der Waals surface area (Å²) < 4.78 is 48.0. The fraction of sp³-hybridized carbons (Fsp3) is 0.478. The summed E-state index contributed by atoms with van der Waals surface area (Å²) in [5.41, 5.74) is 2.39. The number of halogens is 3. The second kappa shape index (κ2) is 8.92. The Bertz CT molecular complexity index is 779. The fourth-order valence-corrected chi connectivity index (χ4v) is 3.88. The summed E-state index contributed by atoms with van der Waals surface area (Å²) in [7, 11) is 0. The molecule has 4 heteroatoms. The van der Waals surface area contributed by atoms with Gasteiger partial charge in [-0.3, -0.25) is 0 Å². The van der Waals surface area contributed by atoms with E-state index in [4.69, 9.17) is 4.74 Å². The molecule has 2 aromatic rings. The first-order valence-corrected chi connectivity index (χ1v) is 9.83. The standard InChI is InChI=1S/C23H27F3O/c1-3-4-18-7-6-16(13-21(18)24)14-27-19-10-8-17(9-11-19)20-12-5-15(2)22(25)23(20)26/h5-7,12-13,17,19H,3-4,8-11,14H2,1-2H3. The maximum atomic E-state index is 14.2. The lowest BCUT2D eigenvalue weighted by Crippen LogP contribution is -2.21. The number of hydrogen-bond donors (Lipinski definition) is 0. The number of benzene rings is 2. The molecule has 0 unspecified atom stereocenters. The Morgan fingerprint density at radius 1 is 0.963 bits per heavy atom. The predicted molar refractivity (Wildman–Crippen MR) is 101 cm³/mol. The Kier molecular flexibility index (Phi) is 6.59. The molecule has 0 N–H and O–H groups in total. The Morgan fingerprint density at radius 3 is 2.37 bits per heavy atom. The monoisotopic (exact) mass is 376 g/mol. The lowest BCUT2D eigenvalue weighted by atomic mass is 9.82. The zero-order valence-corrected chi connectivity index (χ0v) is 16.0. The van der Waals surface area contributed by atoms with Gasteiger partial charge in [-0.15, -0.1) is 0 Å². The van der Waals surface area contributed by atoms with Gasteiger partial charge < -0.3 is 4.74 Å². The Hall–Kier alpha value is -1.81. The van der Waals surface area contributed by atoms with Gasteiger partial charge >= 0.3 is 0 Å². The molecule has 0 radical (unpaired) electrons. The van der Waals surface area contributed by atoms with Gasteiger partial charge in [-0.1, -0.05) is 37.6 Å². The van der Waals surface area contributed by atoms with Gasteiger partial charge in [-0.05, 0) is 73.3 Å². The van der Waals surface area contributed by atoms with Crippen molar-refractivity contribution in [3.63, 3.8) is 0 Å². The number of ether oxygens (including phenoxy) is 1. The quantitative estimate of drug-likeness (QED) is 0.551. The van der Waals surface area contributed by atoms with Crippen LogP contribution in [0.25, 0.3) is 0 Å². The highest BCUT2D eigenvalue weighted by atomic mass is 19.2. The van der Waals surface area contributed by atoms with E-state index in [1.165, 1.54) is 0 Å². The van der Waals surface area contributed by atoms with Crippen LogP contribution in [0, 0.1) is 24.4 Å². The average molecular weight is 376 g/mol. The van der Waals surface area contributed by atoms with Crippen molar-refractivity contribution in [3.8, 4) is 0 Å². The van der Waals surface area contributed by atoms with Crippen LogP contribution in [0.5, 0.6) is 0 Å². The molecule has 2 aromatic carbocycles. The molecule has 1 nitrogen and oxygen atoms in total. The SMILES string of the molecule is CCCc1ccc(COC2CCC(c3ccc(C)c(F)c3F)CC2)cc1F. The van der Waals surface area contributed by atoms with Gasteiger partial charge in [-0.25, -0.2) is 13.2 Å². The first-order valence-electron chi connectivity index (χ1n) is 9.83. The van der Waals surface area contributed by atoms with Crippen molar-refractivity contribution in [1.29, 1.82) is 0 Å². The molecule has 0 amide bonds. The van der Waals surface area contributed by atoms with Crippen LogP contribution in [0.2, 0.25) is 0 Å². The summed E-state index contributed by atoms with van der Waals surface area (Å²) in [6.45, 7) is 3.99. The van der Waals surface area contributed by atoms with Crippen molar-refractivity contribution >= 4 is 0 Å². The molecule has 1 aliphatic rings. The van der Waals surface area contributed by atoms with Gasteiger partial charge in [0.05, 0.1) is 12.7 Å². The highest BCUT2D eigenvalue weighted by Gasteiger charge is 2.26. The van der Waals surface area contributed by atoms with E-state index < -0.39 is 11.6 Å². The summed E-state index contributed by atoms with van der Waals surface area (Å²) >= 11 is 0. The topological polar surface area (TPSA) is 9.23 Å². The summed E-state index contributed by atoms with van der Waals surface area (Å²) in [6, 6.07) is 8.67. The van der Waals surface area contributed by atoms with Gasteiger partial charge in [0.25, 0.3) is 0 Å². The summed E-state index contributed by atoms with van der Waals surface area (Å²) in [5.74, 6) is -1.58. The minimum absolute atomic E-state index is 0.0331. The molecule has 0 heterocycles. The van der Waals surface area contributed by atoms with Gasteiger partial charge in [0.2, 0.25) is 0 Å². The number of rotatable bonds is 6. The molecule has 146 valence electrons. The van der Waals surface area contributed by atoms with Crippen molar-refractivity contribution in [3.05, 3.63) is 70.0 Å². The smallest absolute Gasteiger partial charge is 0.162 e. The first-order chi connectivity index (χ1) is 13.0. The number of aryl methyl sites for hydroxylation is 2. The molecule has 1 fully saturated rings. The Morgan fingerprint density at radius 2 is 1.70 bits per heavy atom. The van der Waals surface area contributed by atoms with Crippen molar-refractivity contribution in [2.75, 3.05) is 0 Å². The molecule has 27 heavy (non-hydrogen) atoms. The highest BCUT2D eigenvalue weighted by molar-refractivity contribution is 5.28. The molecule has 0 aliphatic heterocycles. The molecule has 3 rings (SSSR count). The minimum Gasteiger partial charge on any atom is -0.374 e. The largest absolute Gasteiger partial charge is 0.374 e. The summed E-state index contributed by atoms with van der Waals surface area (Å²) in [5, 5.41) is 0. The summed E-state index contributed by atoms with van der Waals surface area (Å²) in [4.78, 5) is 0. The lowest BCUT2D eigenvalue weighted by Gasteiger charge is -2.29. The van der Waals surface area contributed by atoms with E-state index in [1.807, 2.05) is 19.1 Å². The van der Waals surface area contributed by atoms with Crippen molar-refractivity contribution in [1.82, 2.24) is 0 Å². The van der Waals surface area contributed by atoms with E-state index in [0.29, 0.717) is 17.7 Å². The maximum Gasteiger partial charge on any atom is 0.162 e. The second-order valence-electron chi connectivity index (χ2n) is 7.56. The van der Waals surface area contributed by atoms with Crippen LogP contribution in [-0.4, -0.2) is 6.10 Å². The molecule has 0 saturated heterocycles. The maximum absolute atomic E-state index is 14.2. The predicted octanol–water partition coefficient (Wildman–Crippen LogP) is 6.61. The van der Waals surface area contributed by atoms with E-state index in [0.717, 1.165) is 49.7 Å². The third-order valence-electron chi connectivity index (χ3n) is 5.54. The highest BCUT2D eigenvalue weighted by Crippen LogP contribution is 2.36. The molecule has 1 saturated carbocycles. The molecule has 0 bridgehead atoms. The Labute approximate surface area is 159 Å². The molecular formula is C23H27F3O. The lowest BCUT2D eigenvalue weighted by molar-refractivity contribution is 0.0130.